The van der Waals surface area contributed by atoms with Crippen molar-refractivity contribution in [2.75, 3.05) is 26.7 Å². The molecule has 2 fully saturated rings. The van der Waals surface area contributed by atoms with Gasteiger partial charge in [0, 0.05) is 25.2 Å². The molecule has 2 atom stereocenters. The fourth-order valence-corrected chi connectivity index (χ4v) is 4.33. The highest BCUT2D eigenvalue weighted by Gasteiger charge is 2.35. The van der Waals surface area contributed by atoms with Gasteiger partial charge in [-0.15, -0.1) is 0 Å². The quantitative estimate of drug-likeness (QED) is 0.760. The first-order valence-corrected chi connectivity index (χ1v) is 9.89. The molecule has 1 heterocycles. The highest BCUT2D eigenvalue weighted by atomic mass is 35.5. The normalized spacial score (nSPS) is 24.3. The summed E-state index contributed by atoms with van der Waals surface area (Å²) in [6.07, 6.45) is 7.29. The molecule has 1 aliphatic heterocycles. The summed E-state index contributed by atoms with van der Waals surface area (Å²) in [6, 6.07) is 5.84. The summed E-state index contributed by atoms with van der Waals surface area (Å²) in [7, 11) is 1.92. The van der Waals surface area contributed by atoms with Gasteiger partial charge >= 0.3 is 0 Å². The molecule has 1 aromatic carbocycles. The Balaban J connectivity index is 1.59. The van der Waals surface area contributed by atoms with Gasteiger partial charge in [-0.3, -0.25) is 9.69 Å². The van der Waals surface area contributed by atoms with Gasteiger partial charge in [0.15, 0.2) is 6.61 Å². The lowest BCUT2D eigenvalue weighted by Crippen LogP contribution is -2.53. The minimum Gasteiger partial charge on any atom is -0.484 e. The first kappa shape index (κ1) is 18.8. The number of rotatable bonds is 5. The number of likely N-dealkylation sites (N-methyl/N-ethyl adjacent to an activating group) is 1. The van der Waals surface area contributed by atoms with E-state index >= 15 is 0 Å². The van der Waals surface area contributed by atoms with Crippen LogP contribution >= 0.6 is 23.2 Å². The second-order valence-electron chi connectivity index (χ2n) is 7.03. The van der Waals surface area contributed by atoms with Crippen molar-refractivity contribution in [3.63, 3.8) is 0 Å². The lowest BCUT2D eigenvalue weighted by atomic mass is 9.88. The maximum absolute atomic E-state index is 12.7. The molecule has 4 nitrogen and oxygen atoms in total. The molecule has 6 heteroatoms. The summed E-state index contributed by atoms with van der Waals surface area (Å²) >= 11 is 11.9. The van der Waals surface area contributed by atoms with Crippen molar-refractivity contribution in [1.82, 2.24) is 9.80 Å². The van der Waals surface area contributed by atoms with Crippen molar-refractivity contribution >= 4 is 29.1 Å². The number of hydrogen-bond acceptors (Lipinski definition) is 3. The molecule has 1 aromatic rings. The highest BCUT2D eigenvalue weighted by Crippen LogP contribution is 2.29. The number of hydrogen-bond donors (Lipinski definition) is 0. The van der Waals surface area contributed by atoms with Crippen molar-refractivity contribution in [1.29, 1.82) is 0 Å². The molecule has 1 amide bonds. The predicted molar refractivity (Wildman–Crippen MR) is 102 cm³/mol. The fourth-order valence-electron chi connectivity index (χ4n) is 4.04. The third-order valence-electron chi connectivity index (χ3n) is 5.45. The van der Waals surface area contributed by atoms with E-state index in [1.54, 1.807) is 18.2 Å². The van der Waals surface area contributed by atoms with Crippen molar-refractivity contribution < 1.29 is 9.53 Å². The Bertz CT molecular complexity index is 605. The number of nitrogens with zero attached hydrogens (tertiary/aromatic N) is 2. The first-order chi connectivity index (χ1) is 12.1. The van der Waals surface area contributed by atoms with Crippen LogP contribution in [0.1, 0.15) is 38.5 Å². The molecular weight excluding hydrogens is 359 g/mol. The van der Waals surface area contributed by atoms with Crippen LogP contribution in [0.5, 0.6) is 5.75 Å². The molecule has 1 saturated heterocycles. The summed E-state index contributed by atoms with van der Waals surface area (Å²) in [5, 5.41) is 0.912. The van der Waals surface area contributed by atoms with Crippen LogP contribution in [-0.4, -0.2) is 54.5 Å². The zero-order valence-electron chi connectivity index (χ0n) is 14.7. The van der Waals surface area contributed by atoms with Gasteiger partial charge in [-0.25, -0.2) is 0 Å². The zero-order chi connectivity index (χ0) is 17.8. The van der Waals surface area contributed by atoms with Crippen molar-refractivity contribution in [2.45, 2.75) is 50.6 Å². The third-order valence-corrected chi connectivity index (χ3v) is 6.19. The lowest BCUT2D eigenvalue weighted by molar-refractivity contribution is -0.136. The summed E-state index contributed by atoms with van der Waals surface area (Å²) in [5.41, 5.74) is 0. The molecule has 0 spiro atoms. The Kier molecular flexibility index (Phi) is 6.48. The summed E-state index contributed by atoms with van der Waals surface area (Å²) in [4.78, 5) is 17.1. The number of halogens is 2. The molecule has 1 aliphatic carbocycles. The highest BCUT2D eigenvalue weighted by molar-refractivity contribution is 6.42. The Labute approximate surface area is 160 Å². The number of carbonyl (C=O) groups excluding carboxylic acids is 1. The topological polar surface area (TPSA) is 32.8 Å². The Morgan fingerprint density at radius 2 is 1.88 bits per heavy atom. The van der Waals surface area contributed by atoms with Crippen LogP contribution in [0.25, 0.3) is 0 Å². The van der Waals surface area contributed by atoms with Crippen LogP contribution in [0, 0.1) is 0 Å². The third kappa shape index (κ3) is 4.60. The van der Waals surface area contributed by atoms with Crippen LogP contribution < -0.4 is 4.74 Å². The van der Waals surface area contributed by atoms with E-state index in [1.807, 2.05) is 11.9 Å². The van der Waals surface area contributed by atoms with Gasteiger partial charge in [0.05, 0.1) is 10.0 Å². The average molecular weight is 385 g/mol. The molecule has 138 valence electrons. The molecule has 1 unspecified atom stereocenters. The van der Waals surface area contributed by atoms with Crippen LogP contribution in [-0.2, 0) is 4.79 Å². The molecule has 3 rings (SSSR count). The second kappa shape index (κ2) is 8.61. The van der Waals surface area contributed by atoms with Gasteiger partial charge in [0.1, 0.15) is 5.75 Å². The molecule has 0 bridgehead atoms. The number of ether oxygens (including phenoxy) is 1. The van der Waals surface area contributed by atoms with E-state index in [2.05, 4.69) is 4.90 Å². The largest absolute Gasteiger partial charge is 0.484 e. The van der Waals surface area contributed by atoms with Crippen molar-refractivity contribution in [3.05, 3.63) is 28.2 Å². The smallest absolute Gasteiger partial charge is 0.260 e. The minimum atomic E-state index is 0.0159. The van der Waals surface area contributed by atoms with Gasteiger partial charge < -0.3 is 9.64 Å². The SMILES string of the molecule is CN(C(=O)COc1ccc(Cl)c(Cl)c1)C1CCCC[C@@H]1N1CCCC1. The van der Waals surface area contributed by atoms with Crippen LogP contribution in [0.15, 0.2) is 18.2 Å². The van der Waals surface area contributed by atoms with Crippen LogP contribution in [0.2, 0.25) is 10.0 Å². The van der Waals surface area contributed by atoms with E-state index in [1.165, 1.54) is 45.2 Å². The van der Waals surface area contributed by atoms with Crippen LogP contribution in [0.3, 0.4) is 0 Å². The molecular formula is C19H26Cl2N2O2. The van der Waals surface area contributed by atoms with E-state index < -0.39 is 0 Å². The average Bonchev–Trinajstić information content (AvgIpc) is 3.16. The van der Waals surface area contributed by atoms with E-state index in [9.17, 15) is 4.79 Å². The van der Waals surface area contributed by atoms with Crippen molar-refractivity contribution in [3.8, 4) is 5.75 Å². The molecule has 1 saturated carbocycles. The first-order valence-electron chi connectivity index (χ1n) is 9.14. The number of benzene rings is 1. The number of carbonyl (C=O) groups is 1. The summed E-state index contributed by atoms with van der Waals surface area (Å²) < 4.78 is 5.63. The van der Waals surface area contributed by atoms with Gasteiger partial charge in [-0.05, 0) is 50.9 Å². The van der Waals surface area contributed by atoms with Gasteiger partial charge in [0.2, 0.25) is 0 Å². The van der Waals surface area contributed by atoms with E-state index in [4.69, 9.17) is 27.9 Å². The van der Waals surface area contributed by atoms with Crippen molar-refractivity contribution in [2.24, 2.45) is 0 Å². The standard InChI is InChI=1S/C19H26Cl2N2O2/c1-22(17-6-2-3-7-18(17)23-10-4-5-11-23)19(24)13-25-14-8-9-15(20)16(21)12-14/h8-9,12,17-18H,2-7,10-11,13H2,1H3/t17?,18-/m0/s1. The van der Waals surface area contributed by atoms with E-state index in [0.29, 0.717) is 21.8 Å². The molecule has 2 aliphatic rings. The molecule has 25 heavy (non-hydrogen) atoms. The summed E-state index contributed by atoms with van der Waals surface area (Å²) in [5.74, 6) is 0.582. The number of likely N-dealkylation sites (tertiary alicyclic amines) is 1. The van der Waals surface area contributed by atoms with Gasteiger partial charge in [-0.2, -0.15) is 0 Å². The fraction of sp³-hybridized carbons (Fsp3) is 0.632. The molecule has 0 radical (unpaired) electrons. The number of amides is 1. The second-order valence-corrected chi connectivity index (χ2v) is 7.85. The minimum absolute atomic E-state index is 0.0159. The Morgan fingerprint density at radius 3 is 2.60 bits per heavy atom. The predicted octanol–water partition coefficient (Wildman–Crippen LogP) is 4.24. The van der Waals surface area contributed by atoms with Gasteiger partial charge in [-0.1, -0.05) is 36.0 Å². The van der Waals surface area contributed by atoms with E-state index in [0.717, 1.165) is 6.42 Å². The molecule has 0 N–H and O–H groups in total. The van der Waals surface area contributed by atoms with E-state index in [-0.39, 0.29) is 18.6 Å². The summed E-state index contributed by atoms with van der Waals surface area (Å²) in [6.45, 7) is 2.36. The van der Waals surface area contributed by atoms with Crippen LogP contribution in [0.4, 0.5) is 0 Å². The Hall–Kier alpha value is -0.970. The zero-order valence-corrected chi connectivity index (χ0v) is 16.2. The monoisotopic (exact) mass is 384 g/mol. The maximum atomic E-state index is 12.7. The molecule has 0 aromatic heterocycles. The lowest BCUT2D eigenvalue weighted by Gasteiger charge is -2.42. The van der Waals surface area contributed by atoms with Gasteiger partial charge in [0.25, 0.3) is 5.91 Å². The Morgan fingerprint density at radius 1 is 1.16 bits per heavy atom. The maximum Gasteiger partial charge on any atom is 0.260 e.